The van der Waals surface area contributed by atoms with Crippen LogP contribution in [0.3, 0.4) is 0 Å². The third-order valence-corrected chi connectivity index (χ3v) is 2.94. The van der Waals surface area contributed by atoms with Gasteiger partial charge in [0.2, 0.25) is 0 Å². The first-order valence-corrected chi connectivity index (χ1v) is 5.17. The molecule has 0 aliphatic heterocycles. The fraction of sp³-hybridized carbons (Fsp3) is 0.200. The molecule has 2 aromatic rings. The Balaban J connectivity index is 2.64. The summed E-state index contributed by atoms with van der Waals surface area (Å²) in [5.74, 6) is 0.587. The summed E-state index contributed by atoms with van der Waals surface area (Å²) in [4.78, 5) is 0. The first kappa shape index (κ1) is 9.15. The summed E-state index contributed by atoms with van der Waals surface area (Å²) >= 11 is 1.36. The number of ether oxygens (including phenoxy) is 1. The number of thiophene rings is 1. The van der Waals surface area contributed by atoms with E-state index in [0.717, 1.165) is 11.1 Å². The Morgan fingerprint density at radius 2 is 2.14 bits per heavy atom. The van der Waals surface area contributed by atoms with Crippen LogP contribution in [0, 0.1) is 0 Å². The van der Waals surface area contributed by atoms with E-state index in [4.69, 9.17) is 4.74 Å². The highest BCUT2D eigenvalue weighted by Gasteiger charge is 2.11. The molecule has 0 aliphatic carbocycles. The number of phenols is 2. The van der Waals surface area contributed by atoms with Gasteiger partial charge in [0, 0.05) is 10.8 Å². The summed E-state index contributed by atoms with van der Waals surface area (Å²) in [6.07, 6.45) is 0. The first-order chi connectivity index (χ1) is 6.74. The predicted octanol–water partition coefficient (Wildman–Crippen LogP) is 2.71. The van der Waals surface area contributed by atoms with Crippen molar-refractivity contribution in [1.82, 2.24) is 0 Å². The molecule has 2 rings (SSSR count). The lowest BCUT2D eigenvalue weighted by molar-refractivity contribution is 0.345. The highest BCUT2D eigenvalue weighted by molar-refractivity contribution is 7.18. The van der Waals surface area contributed by atoms with Crippen LogP contribution in [0.2, 0.25) is 0 Å². The van der Waals surface area contributed by atoms with Gasteiger partial charge in [0.15, 0.2) is 11.5 Å². The molecule has 4 heteroatoms. The molecular formula is C10H10O3S. The topological polar surface area (TPSA) is 49.7 Å². The van der Waals surface area contributed by atoms with E-state index in [0.29, 0.717) is 11.3 Å². The fourth-order valence-electron chi connectivity index (χ4n) is 1.32. The van der Waals surface area contributed by atoms with Crippen molar-refractivity contribution in [2.45, 2.75) is 6.92 Å². The van der Waals surface area contributed by atoms with Crippen LogP contribution in [-0.2, 0) is 0 Å². The zero-order chi connectivity index (χ0) is 10.1. The lowest BCUT2D eigenvalue weighted by Crippen LogP contribution is -1.89. The van der Waals surface area contributed by atoms with E-state index in [9.17, 15) is 10.2 Å². The van der Waals surface area contributed by atoms with Crippen LogP contribution in [0.4, 0.5) is 0 Å². The molecule has 74 valence electrons. The van der Waals surface area contributed by atoms with E-state index in [1.54, 1.807) is 6.07 Å². The Labute approximate surface area is 85.2 Å². The minimum Gasteiger partial charge on any atom is -0.504 e. The average molecular weight is 210 g/mol. The van der Waals surface area contributed by atoms with Gasteiger partial charge in [-0.25, -0.2) is 0 Å². The Bertz CT molecular complexity index is 462. The van der Waals surface area contributed by atoms with E-state index in [-0.39, 0.29) is 11.5 Å². The molecular weight excluding hydrogens is 200 g/mol. The van der Waals surface area contributed by atoms with Gasteiger partial charge >= 0.3 is 0 Å². The van der Waals surface area contributed by atoms with Crippen LogP contribution in [0.1, 0.15) is 6.92 Å². The number of fused-ring (bicyclic) bond motifs is 1. The molecule has 0 radical (unpaired) electrons. The molecule has 0 amide bonds. The van der Waals surface area contributed by atoms with Gasteiger partial charge in [-0.3, -0.25) is 0 Å². The van der Waals surface area contributed by atoms with Crippen LogP contribution >= 0.6 is 11.3 Å². The maximum Gasteiger partial charge on any atom is 0.175 e. The van der Waals surface area contributed by atoms with Crippen molar-refractivity contribution >= 4 is 21.4 Å². The van der Waals surface area contributed by atoms with Gasteiger partial charge in [-0.15, -0.1) is 11.3 Å². The molecule has 1 aromatic carbocycles. The summed E-state index contributed by atoms with van der Waals surface area (Å²) in [7, 11) is 0. The van der Waals surface area contributed by atoms with Crippen molar-refractivity contribution in [3.63, 3.8) is 0 Å². The zero-order valence-electron chi connectivity index (χ0n) is 7.65. The number of hydrogen-bond donors (Lipinski definition) is 2. The second-order valence-electron chi connectivity index (χ2n) is 2.84. The molecule has 14 heavy (non-hydrogen) atoms. The van der Waals surface area contributed by atoms with Crippen molar-refractivity contribution in [2.24, 2.45) is 0 Å². The van der Waals surface area contributed by atoms with Gasteiger partial charge in [0.05, 0.1) is 11.3 Å². The van der Waals surface area contributed by atoms with Gasteiger partial charge in [-0.1, -0.05) is 0 Å². The van der Waals surface area contributed by atoms with Crippen molar-refractivity contribution < 1.29 is 14.9 Å². The van der Waals surface area contributed by atoms with Gasteiger partial charge in [-0.2, -0.15) is 0 Å². The van der Waals surface area contributed by atoms with Crippen LogP contribution < -0.4 is 4.74 Å². The highest BCUT2D eigenvalue weighted by Crippen LogP contribution is 2.42. The molecule has 0 bridgehead atoms. The van der Waals surface area contributed by atoms with E-state index in [1.165, 1.54) is 17.4 Å². The van der Waals surface area contributed by atoms with Gasteiger partial charge in [-0.05, 0) is 19.1 Å². The predicted molar refractivity (Wildman–Crippen MR) is 56.3 cm³/mol. The second-order valence-corrected chi connectivity index (χ2v) is 3.72. The molecule has 2 N–H and O–H groups in total. The van der Waals surface area contributed by atoms with Crippen LogP contribution in [0.25, 0.3) is 10.1 Å². The minimum atomic E-state index is -0.0950. The molecule has 0 fully saturated rings. The number of benzene rings is 1. The van der Waals surface area contributed by atoms with Crippen molar-refractivity contribution in [1.29, 1.82) is 0 Å². The Morgan fingerprint density at radius 1 is 1.36 bits per heavy atom. The maximum atomic E-state index is 9.54. The summed E-state index contributed by atoms with van der Waals surface area (Å²) in [6.45, 7) is 2.50. The summed E-state index contributed by atoms with van der Waals surface area (Å²) in [5, 5.41) is 21.5. The average Bonchev–Trinajstić information content (AvgIpc) is 2.57. The van der Waals surface area contributed by atoms with Gasteiger partial charge in [0.1, 0.15) is 5.75 Å². The van der Waals surface area contributed by atoms with E-state index in [2.05, 4.69) is 0 Å². The Morgan fingerprint density at radius 3 is 2.86 bits per heavy atom. The number of hydrogen-bond acceptors (Lipinski definition) is 4. The second kappa shape index (κ2) is 3.38. The molecule has 0 aliphatic rings. The van der Waals surface area contributed by atoms with Gasteiger partial charge in [0.25, 0.3) is 0 Å². The summed E-state index contributed by atoms with van der Waals surface area (Å²) in [5.41, 5.74) is 0. The smallest absolute Gasteiger partial charge is 0.175 e. The Hall–Kier alpha value is -1.42. The molecule has 3 nitrogen and oxygen atoms in total. The molecule has 1 heterocycles. The third kappa shape index (κ3) is 1.28. The summed E-state index contributed by atoms with van der Waals surface area (Å²) in [6, 6.07) is 3.21. The quantitative estimate of drug-likeness (QED) is 0.749. The molecule has 1 aromatic heterocycles. The summed E-state index contributed by atoms with van der Waals surface area (Å²) < 4.78 is 6.03. The molecule has 0 atom stereocenters. The maximum absolute atomic E-state index is 9.54. The molecule has 0 spiro atoms. The minimum absolute atomic E-state index is 0.0709. The van der Waals surface area contributed by atoms with Crippen molar-refractivity contribution in [2.75, 3.05) is 6.61 Å². The zero-order valence-corrected chi connectivity index (χ0v) is 8.47. The lowest BCUT2D eigenvalue weighted by atomic mass is 10.2. The van der Waals surface area contributed by atoms with Gasteiger partial charge < -0.3 is 14.9 Å². The number of aromatic hydroxyl groups is 2. The SMILES string of the molecule is CCOc1csc2c(O)c(O)ccc12. The monoisotopic (exact) mass is 210 g/mol. The van der Waals surface area contributed by atoms with Crippen LogP contribution in [-0.4, -0.2) is 16.8 Å². The van der Waals surface area contributed by atoms with Crippen LogP contribution in [0.5, 0.6) is 17.2 Å². The number of rotatable bonds is 2. The van der Waals surface area contributed by atoms with E-state index >= 15 is 0 Å². The third-order valence-electron chi connectivity index (χ3n) is 1.96. The standard InChI is InChI=1S/C10H10O3S/c1-2-13-8-5-14-10-6(8)3-4-7(11)9(10)12/h3-5,11-12H,2H2,1H3. The van der Waals surface area contributed by atoms with Crippen molar-refractivity contribution in [3.05, 3.63) is 17.5 Å². The molecule has 0 saturated heterocycles. The fourth-order valence-corrected chi connectivity index (χ4v) is 2.25. The van der Waals surface area contributed by atoms with E-state index < -0.39 is 0 Å². The largest absolute Gasteiger partial charge is 0.504 e. The molecule has 0 saturated carbocycles. The Kier molecular flexibility index (Phi) is 2.21. The highest BCUT2D eigenvalue weighted by atomic mass is 32.1. The van der Waals surface area contributed by atoms with Crippen molar-refractivity contribution in [3.8, 4) is 17.2 Å². The number of phenolic OH excluding ortho intramolecular Hbond substituents is 2. The molecule has 0 unspecified atom stereocenters. The normalized spacial score (nSPS) is 10.6. The lowest BCUT2D eigenvalue weighted by Gasteiger charge is -2.01. The van der Waals surface area contributed by atoms with E-state index in [1.807, 2.05) is 12.3 Å². The first-order valence-electron chi connectivity index (χ1n) is 4.29. The van der Waals surface area contributed by atoms with Crippen LogP contribution in [0.15, 0.2) is 17.5 Å².